The number of carbonyl (C=O) groups excluding carboxylic acids is 2. The van der Waals surface area contributed by atoms with Gasteiger partial charge in [0.25, 0.3) is 5.56 Å². The molecule has 1 heterocycles. The van der Waals surface area contributed by atoms with Crippen LogP contribution in [0.15, 0.2) is 65.6 Å². The SMILES string of the molecule is CCOC(=O)Cc1cc(-c2ccc(C(F)(F)F)cc2CN(Cc2ccccc2)C(C)=O)c[nH]c1=O. The molecule has 1 N–H and O–H groups in total. The average Bonchev–Trinajstić information content (AvgIpc) is 2.80. The zero-order valence-electron chi connectivity index (χ0n) is 19.3. The number of hydrogen-bond acceptors (Lipinski definition) is 4. The Morgan fingerprint density at radius 1 is 1.00 bits per heavy atom. The molecule has 0 spiro atoms. The van der Waals surface area contributed by atoms with Crippen molar-refractivity contribution in [3.8, 4) is 11.1 Å². The van der Waals surface area contributed by atoms with E-state index in [4.69, 9.17) is 4.74 Å². The second-order valence-electron chi connectivity index (χ2n) is 7.95. The lowest BCUT2D eigenvalue weighted by atomic mass is 9.96. The van der Waals surface area contributed by atoms with E-state index in [-0.39, 0.29) is 43.2 Å². The highest BCUT2D eigenvalue weighted by Crippen LogP contribution is 2.34. The molecule has 184 valence electrons. The first kappa shape index (κ1) is 25.7. The molecule has 0 unspecified atom stereocenters. The van der Waals surface area contributed by atoms with Crippen LogP contribution >= 0.6 is 0 Å². The number of carbonyl (C=O) groups is 2. The fourth-order valence-electron chi connectivity index (χ4n) is 3.66. The third-order valence-corrected chi connectivity index (χ3v) is 5.39. The van der Waals surface area contributed by atoms with Gasteiger partial charge >= 0.3 is 12.1 Å². The molecule has 1 amide bonds. The molecule has 0 atom stereocenters. The highest BCUT2D eigenvalue weighted by atomic mass is 19.4. The number of aromatic nitrogens is 1. The summed E-state index contributed by atoms with van der Waals surface area (Å²) in [6, 6.07) is 13.8. The smallest absolute Gasteiger partial charge is 0.416 e. The first-order valence-corrected chi connectivity index (χ1v) is 11.0. The Bertz CT molecular complexity index is 1250. The Labute approximate surface area is 200 Å². The lowest BCUT2D eigenvalue weighted by molar-refractivity contribution is -0.142. The normalized spacial score (nSPS) is 11.2. The summed E-state index contributed by atoms with van der Waals surface area (Å²) in [6.07, 6.45) is -3.48. The van der Waals surface area contributed by atoms with E-state index >= 15 is 0 Å². The van der Waals surface area contributed by atoms with E-state index < -0.39 is 23.3 Å². The van der Waals surface area contributed by atoms with Crippen molar-refractivity contribution in [2.45, 2.75) is 39.5 Å². The van der Waals surface area contributed by atoms with Gasteiger partial charge in [-0.1, -0.05) is 36.4 Å². The summed E-state index contributed by atoms with van der Waals surface area (Å²) in [5, 5.41) is 0. The largest absolute Gasteiger partial charge is 0.466 e. The molecule has 0 radical (unpaired) electrons. The highest BCUT2D eigenvalue weighted by molar-refractivity contribution is 5.76. The van der Waals surface area contributed by atoms with Crippen LogP contribution in [0.2, 0.25) is 0 Å². The third kappa shape index (κ3) is 6.81. The molecule has 0 aliphatic carbocycles. The number of esters is 1. The van der Waals surface area contributed by atoms with Gasteiger partial charge in [0.2, 0.25) is 5.91 Å². The second kappa shape index (κ2) is 11.0. The number of amides is 1. The number of halogens is 3. The van der Waals surface area contributed by atoms with Crippen molar-refractivity contribution in [3.63, 3.8) is 0 Å². The topological polar surface area (TPSA) is 79.5 Å². The fraction of sp³-hybridized carbons (Fsp3) is 0.269. The number of hydrogen-bond donors (Lipinski definition) is 1. The van der Waals surface area contributed by atoms with Crippen molar-refractivity contribution in [1.82, 2.24) is 9.88 Å². The average molecular weight is 486 g/mol. The Kier molecular flexibility index (Phi) is 8.11. The van der Waals surface area contributed by atoms with E-state index in [0.29, 0.717) is 11.1 Å². The van der Waals surface area contributed by atoms with Gasteiger partial charge in [-0.3, -0.25) is 14.4 Å². The lowest BCUT2D eigenvalue weighted by Gasteiger charge is -2.24. The van der Waals surface area contributed by atoms with Gasteiger partial charge in [-0.25, -0.2) is 0 Å². The summed E-state index contributed by atoms with van der Waals surface area (Å²) < 4.78 is 45.4. The van der Waals surface area contributed by atoms with Gasteiger partial charge in [-0.15, -0.1) is 0 Å². The second-order valence-corrected chi connectivity index (χ2v) is 7.95. The Morgan fingerprint density at radius 2 is 1.71 bits per heavy atom. The Morgan fingerprint density at radius 3 is 2.34 bits per heavy atom. The number of nitrogens with one attached hydrogen (secondary N) is 1. The van der Waals surface area contributed by atoms with Crippen LogP contribution in [0.1, 0.15) is 36.1 Å². The molecular weight excluding hydrogens is 461 g/mol. The van der Waals surface area contributed by atoms with Crippen molar-refractivity contribution in [2.75, 3.05) is 6.61 Å². The molecule has 0 aliphatic heterocycles. The lowest BCUT2D eigenvalue weighted by Crippen LogP contribution is -2.28. The number of alkyl halides is 3. The van der Waals surface area contributed by atoms with E-state index in [1.165, 1.54) is 30.2 Å². The molecule has 0 saturated heterocycles. The molecule has 0 fully saturated rings. The van der Waals surface area contributed by atoms with Crippen molar-refractivity contribution in [1.29, 1.82) is 0 Å². The number of nitrogens with zero attached hydrogens (tertiary/aromatic N) is 1. The molecule has 1 aromatic heterocycles. The molecule has 0 bridgehead atoms. The van der Waals surface area contributed by atoms with Crippen molar-refractivity contribution < 1.29 is 27.5 Å². The Balaban J connectivity index is 2.04. The van der Waals surface area contributed by atoms with Gasteiger partial charge in [-0.2, -0.15) is 13.2 Å². The van der Waals surface area contributed by atoms with E-state index in [9.17, 15) is 27.6 Å². The van der Waals surface area contributed by atoms with Crippen LogP contribution in [0.5, 0.6) is 0 Å². The molecule has 2 aromatic carbocycles. The van der Waals surface area contributed by atoms with E-state index in [0.717, 1.165) is 17.7 Å². The molecule has 3 aromatic rings. The fourth-order valence-corrected chi connectivity index (χ4v) is 3.66. The van der Waals surface area contributed by atoms with E-state index in [2.05, 4.69) is 4.98 Å². The molecule has 3 rings (SSSR count). The zero-order chi connectivity index (χ0) is 25.6. The quantitative estimate of drug-likeness (QED) is 0.468. The zero-order valence-corrected chi connectivity index (χ0v) is 19.3. The molecule has 6 nitrogen and oxygen atoms in total. The third-order valence-electron chi connectivity index (χ3n) is 5.39. The summed E-state index contributed by atoms with van der Waals surface area (Å²) in [6.45, 7) is 3.28. The van der Waals surface area contributed by atoms with Gasteiger partial charge in [0, 0.05) is 31.8 Å². The summed E-state index contributed by atoms with van der Waals surface area (Å²) >= 11 is 0. The van der Waals surface area contributed by atoms with Crippen molar-refractivity contribution >= 4 is 11.9 Å². The predicted octanol–water partition coefficient (Wildman–Crippen LogP) is 4.72. The molecule has 0 saturated carbocycles. The van der Waals surface area contributed by atoms with Crippen LogP contribution in [0.25, 0.3) is 11.1 Å². The van der Waals surface area contributed by atoms with Crippen molar-refractivity contribution in [3.05, 3.63) is 93.4 Å². The van der Waals surface area contributed by atoms with Crippen LogP contribution in [0.3, 0.4) is 0 Å². The van der Waals surface area contributed by atoms with E-state index in [1.54, 1.807) is 6.92 Å². The highest BCUT2D eigenvalue weighted by Gasteiger charge is 2.31. The van der Waals surface area contributed by atoms with Crippen LogP contribution in [0.4, 0.5) is 13.2 Å². The number of pyridine rings is 1. The number of benzene rings is 2. The van der Waals surface area contributed by atoms with Gasteiger partial charge in [-0.05, 0) is 47.4 Å². The van der Waals surface area contributed by atoms with Gasteiger partial charge < -0.3 is 14.6 Å². The predicted molar refractivity (Wildman–Crippen MR) is 124 cm³/mol. The molecule has 0 aliphatic rings. The molecule has 35 heavy (non-hydrogen) atoms. The maximum atomic E-state index is 13.5. The van der Waals surface area contributed by atoms with Gasteiger partial charge in [0.05, 0.1) is 18.6 Å². The van der Waals surface area contributed by atoms with Crippen LogP contribution in [-0.4, -0.2) is 28.4 Å². The van der Waals surface area contributed by atoms with Crippen LogP contribution in [0, 0.1) is 0 Å². The van der Waals surface area contributed by atoms with Gasteiger partial charge in [0.15, 0.2) is 0 Å². The Hall–Kier alpha value is -3.88. The molecular formula is C26H25F3N2O4. The summed E-state index contributed by atoms with van der Waals surface area (Å²) in [5.74, 6) is -0.893. The van der Waals surface area contributed by atoms with Crippen LogP contribution < -0.4 is 5.56 Å². The summed E-state index contributed by atoms with van der Waals surface area (Å²) in [4.78, 5) is 40.5. The minimum atomic E-state index is -4.58. The maximum absolute atomic E-state index is 13.5. The van der Waals surface area contributed by atoms with Gasteiger partial charge in [0.1, 0.15) is 0 Å². The first-order valence-electron chi connectivity index (χ1n) is 11.0. The minimum Gasteiger partial charge on any atom is -0.466 e. The number of rotatable bonds is 8. The van der Waals surface area contributed by atoms with E-state index in [1.807, 2.05) is 30.3 Å². The van der Waals surface area contributed by atoms with Crippen molar-refractivity contribution in [2.24, 2.45) is 0 Å². The summed E-state index contributed by atoms with van der Waals surface area (Å²) in [7, 11) is 0. The minimum absolute atomic E-state index is 0.0875. The van der Waals surface area contributed by atoms with Crippen LogP contribution in [-0.2, 0) is 40.0 Å². The number of H-pyrrole nitrogens is 1. The maximum Gasteiger partial charge on any atom is 0.416 e. The summed E-state index contributed by atoms with van der Waals surface area (Å²) in [5.41, 5.74) is 0.673. The molecule has 9 heteroatoms. The first-order chi connectivity index (χ1) is 16.6. The number of ether oxygens (including phenoxy) is 1. The number of aromatic amines is 1. The standard InChI is InChI=1S/C26H25F3N2O4/c1-3-35-24(33)13-19-11-20(14-30-25(19)34)23-10-9-22(26(27,28)29)12-21(23)16-31(17(2)32)15-18-7-5-4-6-8-18/h4-12,14H,3,13,15-16H2,1-2H3,(H,30,34). The monoisotopic (exact) mass is 486 g/mol.